The summed E-state index contributed by atoms with van der Waals surface area (Å²) in [7, 11) is 0. The number of ether oxygens (including phenoxy) is 4. The Kier molecular flexibility index (Phi) is 14.3. The normalized spacial score (nSPS) is 13.8. The van der Waals surface area contributed by atoms with Gasteiger partial charge in [-0.2, -0.15) is 0 Å². The Hall–Kier alpha value is -1.54. The molecule has 7 nitrogen and oxygen atoms in total. The van der Waals surface area contributed by atoms with E-state index in [1.165, 1.54) is 11.0 Å². The van der Waals surface area contributed by atoms with E-state index in [-0.39, 0.29) is 11.7 Å². The lowest BCUT2D eigenvalue weighted by Crippen LogP contribution is -2.26. The molecule has 166 valence electrons. The number of ketones is 1. The van der Waals surface area contributed by atoms with Crippen LogP contribution in [-0.4, -0.2) is 76.0 Å². The molecule has 1 amide bonds. The first-order valence-electron chi connectivity index (χ1n) is 10.5. The number of Topliss-reactive ketones (excluding diaryl/α,β-unsaturated/α-hetero) is 1. The van der Waals surface area contributed by atoms with Crippen molar-refractivity contribution in [1.29, 1.82) is 0 Å². The van der Waals surface area contributed by atoms with Gasteiger partial charge in [-0.25, -0.2) is 0 Å². The van der Waals surface area contributed by atoms with Crippen LogP contribution in [0.2, 0.25) is 0 Å². The van der Waals surface area contributed by atoms with Crippen molar-refractivity contribution in [3.05, 3.63) is 24.4 Å². The maximum atomic E-state index is 11.9. The summed E-state index contributed by atoms with van der Waals surface area (Å²) in [6.07, 6.45) is 5.68. The van der Waals surface area contributed by atoms with Gasteiger partial charge in [-0.15, -0.1) is 0 Å². The fourth-order valence-electron chi connectivity index (χ4n) is 2.56. The van der Waals surface area contributed by atoms with Crippen LogP contribution in [0.5, 0.6) is 0 Å². The zero-order valence-corrected chi connectivity index (χ0v) is 18.0. The molecule has 0 unspecified atom stereocenters. The van der Waals surface area contributed by atoms with Crippen LogP contribution in [0.15, 0.2) is 24.4 Å². The van der Waals surface area contributed by atoms with Crippen LogP contribution < -0.4 is 0 Å². The minimum atomic E-state index is -0.105. The molecule has 0 bridgehead atoms. The van der Waals surface area contributed by atoms with Crippen LogP contribution in [0.25, 0.3) is 0 Å². The van der Waals surface area contributed by atoms with E-state index >= 15 is 0 Å². The van der Waals surface area contributed by atoms with Crippen LogP contribution in [0, 0.1) is 5.92 Å². The van der Waals surface area contributed by atoms with Gasteiger partial charge in [-0.3, -0.25) is 9.59 Å². The zero-order chi connectivity index (χ0) is 21.3. The summed E-state index contributed by atoms with van der Waals surface area (Å²) in [6.45, 7) is 13.1. The van der Waals surface area contributed by atoms with Crippen molar-refractivity contribution in [3.8, 4) is 0 Å². The van der Waals surface area contributed by atoms with Gasteiger partial charge in [0.1, 0.15) is 5.78 Å². The Morgan fingerprint density at radius 3 is 1.97 bits per heavy atom. The van der Waals surface area contributed by atoms with Gasteiger partial charge in [0.2, 0.25) is 0 Å². The number of amides is 1. The Morgan fingerprint density at radius 2 is 1.45 bits per heavy atom. The van der Waals surface area contributed by atoms with Gasteiger partial charge in [-0.05, 0) is 24.8 Å². The lowest BCUT2D eigenvalue weighted by Gasteiger charge is -2.16. The molecule has 0 N–H and O–H groups in total. The molecule has 7 heteroatoms. The highest BCUT2D eigenvalue weighted by atomic mass is 16.6. The van der Waals surface area contributed by atoms with Gasteiger partial charge in [0.25, 0.3) is 5.91 Å². The molecule has 0 radical (unpaired) electrons. The summed E-state index contributed by atoms with van der Waals surface area (Å²) in [4.78, 5) is 24.9. The molecule has 0 fully saturated rings. The van der Waals surface area contributed by atoms with E-state index in [0.717, 1.165) is 13.0 Å². The summed E-state index contributed by atoms with van der Waals surface area (Å²) in [5.74, 6) is 0.687. The van der Waals surface area contributed by atoms with E-state index in [1.807, 2.05) is 0 Å². The second kappa shape index (κ2) is 16.3. The molecule has 0 aliphatic carbocycles. The monoisotopic (exact) mass is 411 g/mol. The molecule has 0 aromatic heterocycles. The Bertz CT molecular complexity index is 499. The fraction of sp³-hybridized carbons (Fsp3) is 0.727. The maximum Gasteiger partial charge on any atom is 0.251 e. The molecule has 0 saturated heterocycles. The highest BCUT2D eigenvalue weighted by Gasteiger charge is 2.18. The zero-order valence-electron chi connectivity index (χ0n) is 18.0. The minimum Gasteiger partial charge on any atom is -0.379 e. The quantitative estimate of drug-likeness (QED) is 0.304. The summed E-state index contributed by atoms with van der Waals surface area (Å²) in [5, 5.41) is 0. The number of carbonyl (C=O) groups is 2. The van der Waals surface area contributed by atoms with Crippen LogP contribution >= 0.6 is 0 Å². The molecular formula is C22H37NO6. The van der Waals surface area contributed by atoms with Crippen molar-refractivity contribution < 1.29 is 28.5 Å². The third-order valence-corrected chi connectivity index (χ3v) is 4.35. The highest BCUT2D eigenvalue weighted by Crippen LogP contribution is 2.13. The SMILES string of the molecule is C=C1C=CC(=O)N1CCC(=O)CCCOCCOCCOCCOCCC(C)C. The number of nitrogens with zero attached hydrogens (tertiary/aromatic N) is 1. The predicted octanol–water partition coefficient (Wildman–Crippen LogP) is 2.75. The van der Waals surface area contributed by atoms with E-state index in [0.29, 0.717) is 83.7 Å². The first-order chi connectivity index (χ1) is 14.0. The second-order valence-electron chi connectivity index (χ2n) is 7.34. The van der Waals surface area contributed by atoms with Crippen molar-refractivity contribution in [2.24, 2.45) is 5.92 Å². The van der Waals surface area contributed by atoms with Crippen LogP contribution in [0.4, 0.5) is 0 Å². The molecular weight excluding hydrogens is 374 g/mol. The first kappa shape index (κ1) is 25.5. The molecule has 29 heavy (non-hydrogen) atoms. The summed E-state index contributed by atoms with van der Waals surface area (Å²) in [5.41, 5.74) is 0.645. The smallest absolute Gasteiger partial charge is 0.251 e. The second-order valence-corrected chi connectivity index (χ2v) is 7.34. The van der Waals surface area contributed by atoms with E-state index in [4.69, 9.17) is 18.9 Å². The molecule has 0 aromatic carbocycles. The van der Waals surface area contributed by atoms with Gasteiger partial charge in [-0.1, -0.05) is 20.4 Å². The molecule has 1 rings (SSSR count). The first-order valence-corrected chi connectivity index (χ1v) is 10.5. The third kappa shape index (κ3) is 13.3. The molecule has 0 atom stereocenters. The Balaban J connectivity index is 1.79. The van der Waals surface area contributed by atoms with E-state index in [1.54, 1.807) is 6.08 Å². The maximum absolute atomic E-state index is 11.9. The average molecular weight is 412 g/mol. The number of rotatable bonds is 19. The molecule has 0 aromatic rings. The fourth-order valence-corrected chi connectivity index (χ4v) is 2.56. The van der Waals surface area contributed by atoms with Gasteiger partial charge >= 0.3 is 0 Å². The average Bonchev–Trinajstić information content (AvgIpc) is 3.00. The van der Waals surface area contributed by atoms with Crippen molar-refractivity contribution >= 4 is 11.7 Å². The van der Waals surface area contributed by atoms with Gasteiger partial charge in [0, 0.05) is 44.4 Å². The highest BCUT2D eigenvalue weighted by molar-refractivity contribution is 5.93. The van der Waals surface area contributed by atoms with E-state index in [2.05, 4.69) is 20.4 Å². The van der Waals surface area contributed by atoms with Gasteiger partial charge < -0.3 is 23.8 Å². The molecule has 1 aliphatic rings. The van der Waals surface area contributed by atoms with Gasteiger partial charge in [0.05, 0.1) is 39.6 Å². The Morgan fingerprint density at radius 1 is 0.897 bits per heavy atom. The number of hydrogen-bond acceptors (Lipinski definition) is 6. The van der Waals surface area contributed by atoms with Crippen LogP contribution in [-0.2, 0) is 28.5 Å². The standard InChI is InChI=1S/C22H37NO6/c1-19(2)9-12-27-14-16-29-18-17-28-15-13-26-11-4-5-21(24)8-10-23-20(3)6-7-22(23)25/h6-7,19H,3-5,8-18H2,1-2H3. The summed E-state index contributed by atoms with van der Waals surface area (Å²) < 4.78 is 21.8. The van der Waals surface area contributed by atoms with Crippen molar-refractivity contribution in [2.45, 2.75) is 39.5 Å². The topological polar surface area (TPSA) is 74.3 Å². The van der Waals surface area contributed by atoms with Crippen molar-refractivity contribution in [2.75, 3.05) is 59.4 Å². The predicted molar refractivity (Wildman–Crippen MR) is 112 cm³/mol. The van der Waals surface area contributed by atoms with Crippen molar-refractivity contribution in [1.82, 2.24) is 4.90 Å². The summed E-state index contributed by atoms with van der Waals surface area (Å²) in [6, 6.07) is 0. The van der Waals surface area contributed by atoms with E-state index in [9.17, 15) is 9.59 Å². The molecule has 1 heterocycles. The molecule has 1 aliphatic heterocycles. The minimum absolute atomic E-state index is 0.105. The lowest BCUT2D eigenvalue weighted by molar-refractivity contribution is -0.124. The molecule has 0 spiro atoms. The number of carbonyl (C=O) groups excluding carboxylic acids is 2. The third-order valence-electron chi connectivity index (χ3n) is 4.35. The largest absolute Gasteiger partial charge is 0.379 e. The summed E-state index contributed by atoms with van der Waals surface area (Å²) >= 11 is 0. The molecule has 0 saturated carbocycles. The van der Waals surface area contributed by atoms with Gasteiger partial charge in [0.15, 0.2) is 0 Å². The number of hydrogen-bond donors (Lipinski definition) is 0. The van der Waals surface area contributed by atoms with E-state index < -0.39 is 0 Å². The number of allylic oxidation sites excluding steroid dienone is 1. The van der Waals surface area contributed by atoms with Crippen LogP contribution in [0.3, 0.4) is 0 Å². The lowest BCUT2D eigenvalue weighted by atomic mass is 10.1. The Labute approximate surface area is 175 Å². The van der Waals surface area contributed by atoms with Crippen LogP contribution in [0.1, 0.15) is 39.5 Å². The van der Waals surface area contributed by atoms with Crippen molar-refractivity contribution in [3.63, 3.8) is 0 Å².